The van der Waals surface area contributed by atoms with Gasteiger partial charge in [-0.05, 0) is 60.5 Å². The van der Waals surface area contributed by atoms with Crippen molar-refractivity contribution in [3.8, 4) is 11.4 Å². The van der Waals surface area contributed by atoms with Crippen LogP contribution in [0.5, 0.6) is 0 Å². The van der Waals surface area contributed by atoms with Gasteiger partial charge in [0.25, 0.3) is 0 Å². The van der Waals surface area contributed by atoms with E-state index in [9.17, 15) is 13.2 Å². The van der Waals surface area contributed by atoms with Gasteiger partial charge >= 0.3 is 0 Å². The standard InChI is InChI=1S/C30H25N3O3S/c1-21-13-16-24(17-14-21)37(35,36)20-23-8-6-7-22(19-23)15-18-29(34)31-26-10-3-2-9-25(26)30-32-27-11-4-5-12-28(27)33-30/h2-19H,20H2,1H3,(H,31,34)(H,32,33)/b18-15+. The molecule has 0 radical (unpaired) electrons. The Hall–Kier alpha value is -4.49. The molecule has 184 valence electrons. The maximum atomic E-state index is 12.8. The van der Waals surface area contributed by atoms with Gasteiger partial charge < -0.3 is 10.3 Å². The molecule has 5 rings (SSSR count). The topological polar surface area (TPSA) is 91.9 Å². The number of hydrogen-bond donors (Lipinski definition) is 2. The Kier molecular flexibility index (Phi) is 6.70. The number of benzene rings is 4. The highest BCUT2D eigenvalue weighted by Crippen LogP contribution is 2.27. The lowest BCUT2D eigenvalue weighted by atomic mass is 10.1. The van der Waals surface area contributed by atoms with Crippen LogP contribution in [0.25, 0.3) is 28.5 Å². The smallest absolute Gasteiger partial charge is 0.248 e. The average molecular weight is 508 g/mol. The minimum Gasteiger partial charge on any atom is -0.338 e. The molecule has 7 heteroatoms. The minimum absolute atomic E-state index is 0.116. The number of aromatic amines is 1. The summed E-state index contributed by atoms with van der Waals surface area (Å²) >= 11 is 0. The number of carbonyl (C=O) groups excluding carboxylic acids is 1. The third-order valence-corrected chi connectivity index (χ3v) is 7.65. The highest BCUT2D eigenvalue weighted by atomic mass is 32.2. The number of amides is 1. The Morgan fingerprint density at radius 3 is 2.49 bits per heavy atom. The molecule has 0 spiro atoms. The quantitative estimate of drug-likeness (QED) is 0.258. The predicted molar refractivity (Wildman–Crippen MR) is 148 cm³/mol. The number of imidazole rings is 1. The Bertz CT molecular complexity index is 1690. The summed E-state index contributed by atoms with van der Waals surface area (Å²) in [5, 5.41) is 2.92. The molecular weight excluding hydrogens is 482 g/mol. The van der Waals surface area contributed by atoms with Crippen molar-refractivity contribution in [3.63, 3.8) is 0 Å². The zero-order valence-electron chi connectivity index (χ0n) is 20.2. The van der Waals surface area contributed by atoms with Crippen molar-refractivity contribution in [2.75, 3.05) is 5.32 Å². The van der Waals surface area contributed by atoms with E-state index in [1.807, 2.05) is 61.5 Å². The Morgan fingerprint density at radius 1 is 0.919 bits per heavy atom. The molecule has 5 aromatic rings. The Morgan fingerprint density at radius 2 is 1.68 bits per heavy atom. The van der Waals surface area contributed by atoms with Crippen LogP contribution < -0.4 is 5.32 Å². The largest absolute Gasteiger partial charge is 0.338 e. The van der Waals surface area contributed by atoms with E-state index in [-0.39, 0.29) is 11.7 Å². The lowest BCUT2D eigenvalue weighted by Crippen LogP contribution is -2.09. The summed E-state index contributed by atoms with van der Waals surface area (Å²) in [5.41, 5.74) is 5.57. The van der Waals surface area contributed by atoms with E-state index in [0.717, 1.165) is 27.7 Å². The van der Waals surface area contributed by atoms with Crippen LogP contribution in [0, 0.1) is 6.92 Å². The van der Waals surface area contributed by atoms with Gasteiger partial charge in [-0.3, -0.25) is 4.79 Å². The molecule has 0 bridgehead atoms. The van der Waals surface area contributed by atoms with Crippen molar-refractivity contribution in [2.45, 2.75) is 17.6 Å². The Labute approximate surface area is 215 Å². The number of sulfone groups is 1. The van der Waals surface area contributed by atoms with Gasteiger partial charge in [-0.2, -0.15) is 0 Å². The van der Waals surface area contributed by atoms with E-state index < -0.39 is 9.84 Å². The van der Waals surface area contributed by atoms with Crippen molar-refractivity contribution in [3.05, 3.63) is 120 Å². The fourth-order valence-corrected chi connectivity index (χ4v) is 5.40. The van der Waals surface area contributed by atoms with Crippen LogP contribution in [0.2, 0.25) is 0 Å². The number of H-pyrrole nitrogens is 1. The van der Waals surface area contributed by atoms with Crippen LogP contribution in [0.1, 0.15) is 16.7 Å². The first-order valence-electron chi connectivity index (χ1n) is 11.8. The number of fused-ring (bicyclic) bond motifs is 1. The molecule has 6 nitrogen and oxygen atoms in total. The first-order valence-corrected chi connectivity index (χ1v) is 13.4. The molecule has 0 atom stereocenters. The van der Waals surface area contributed by atoms with E-state index in [0.29, 0.717) is 22.0 Å². The second-order valence-corrected chi connectivity index (χ2v) is 10.8. The molecule has 0 aliphatic rings. The molecule has 2 N–H and O–H groups in total. The van der Waals surface area contributed by atoms with E-state index in [2.05, 4.69) is 15.3 Å². The molecule has 0 aliphatic heterocycles. The van der Waals surface area contributed by atoms with Gasteiger partial charge in [0.1, 0.15) is 5.82 Å². The van der Waals surface area contributed by atoms with Gasteiger partial charge in [0.05, 0.1) is 27.4 Å². The van der Waals surface area contributed by atoms with E-state index in [1.54, 1.807) is 48.5 Å². The number of carbonyl (C=O) groups is 1. The van der Waals surface area contributed by atoms with Crippen LogP contribution in [0.4, 0.5) is 5.69 Å². The molecule has 0 fully saturated rings. The maximum absolute atomic E-state index is 12.8. The molecule has 37 heavy (non-hydrogen) atoms. The van der Waals surface area contributed by atoms with Gasteiger partial charge in [0.2, 0.25) is 5.91 Å². The summed E-state index contributed by atoms with van der Waals surface area (Å²) in [6, 6.07) is 29.2. The third-order valence-electron chi connectivity index (χ3n) is 5.94. The molecule has 0 unspecified atom stereocenters. The SMILES string of the molecule is Cc1ccc(S(=O)(=O)Cc2cccc(/C=C/C(=O)Nc3ccccc3-c3nc4ccccc4[nH]3)c2)cc1. The minimum atomic E-state index is -3.47. The van der Waals surface area contributed by atoms with Gasteiger partial charge in [-0.15, -0.1) is 0 Å². The summed E-state index contributed by atoms with van der Waals surface area (Å²) in [6.07, 6.45) is 3.10. The van der Waals surface area contributed by atoms with Gasteiger partial charge in [-0.25, -0.2) is 13.4 Å². The number of para-hydroxylation sites is 3. The van der Waals surface area contributed by atoms with Crippen molar-refractivity contribution in [1.82, 2.24) is 9.97 Å². The first kappa shape index (κ1) is 24.2. The number of anilines is 1. The summed E-state index contributed by atoms with van der Waals surface area (Å²) in [4.78, 5) is 21.0. The van der Waals surface area contributed by atoms with E-state index >= 15 is 0 Å². The number of nitrogens with one attached hydrogen (secondary N) is 2. The normalized spacial score (nSPS) is 11.7. The molecular formula is C30H25N3O3S. The summed E-state index contributed by atoms with van der Waals surface area (Å²) in [6.45, 7) is 1.92. The average Bonchev–Trinajstić information content (AvgIpc) is 3.32. The zero-order chi connectivity index (χ0) is 25.8. The fourth-order valence-electron chi connectivity index (χ4n) is 4.06. The highest BCUT2D eigenvalue weighted by Gasteiger charge is 2.15. The summed E-state index contributed by atoms with van der Waals surface area (Å²) < 4.78 is 25.6. The lowest BCUT2D eigenvalue weighted by Gasteiger charge is -2.08. The molecule has 0 saturated carbocycles. The van der Waals surface area contributed by atoms with Gasteiger partial charge in [0, 0.05) is 11.6 Å². The fraction of sp³-hybridized carbons (Fsp3) is 0.0667. The van der Waals surface area contributed by atoms with Crippen LogP contribution in [-0.4, -0.2) is 24.3 Å². The van der Waals surface area contributed by atoms with E-state index in [4.69, 9.17) is 0 Å². The van der Waals surface area contributed by atoms with Crippen molar-refractivity contribution < 1.29 is 13.2 Å². The van der Waals surface area contributed by atoms with Gasteiger partial charge in [0.15, 0.2) is 9.84 Å². The monoisotopic (exact) mass is 507 g/mol. The van der Waals surface area contributed by atoms with Crippen molar-refractivity contribution in [2.24, 2.45) is 0 Å². The van der Waals surface area contributed by atoms with Crippen LogP contribution in [0.3, 0.4) is 0 Å². The summed E-state index contributed by atoms with van der Waals surface area (Å²) in [7, 11) is -3.47. The summed E-state index contributed by atoms with van der Waals surface area (Å²) in [5.74, 6) is 0.249. The highest BCUT2D eigenvalue weighted by molar-refractivity contribution is 7.90. The predicted octanol–water partition coefficient (Wildman–Crippen LogP) is 6.16. The third kappa shape index (κ3) is 5.68. The van der Waals surface area contributed by atoms with Crippen molar-refractivity contribution in [1.29, 1.82) is 0 Å². The molecule has 0 aliphatic carbocycles. The molecule has 1 aromatic heterocycles. The zero-order valence-corrected chi connectivity index (χ0v) is 21.0. The molecule has 0 saturated heterocycles. The lowest BCUT2D eigenvalue weighted by molar-refractivity contribution is -0.111. The van der Waals surface area contributed by atoms with Crippen LogP contribution in [-0.2, 0) is 20.4 Å². The number of hydrogen-bond acceptors (Lipinski definition) is 4. The Balaban J connectivity index is 1.30. The van der Waals surface area contributed by atoms with Crippen LogP contribution >= 0.6 is 0 Å². The first-order chi connectivity index (χ1) is 17.9. The van der Waals surface area contributed by atoms with Crippen molar-refractivity contribution >= 4 is 38.5 Å². The van der Waals surface area contributed by atoms with E-state index in [1.165, 1.54) is 6.08 Å². The number of aromatic nitrogens is 2. The van der Waals surface area contributed by atoms with Crippen LogP contribution in [0.15, 0.2) is 108 Å². The second-order valence-electron chi connectivity index (χ2n) is 8.79. The second kappa shape index (κ2) is 10.2. The molecule has 1 heterocycles. The number of nitrogens with zero attached hydrogens (tertiary/aromatic N) is 1. The number of aryl methyl sites for hydroxylation is 1. The van der Waals surface area contributed by atoms with Gasteiger partial charge in [-0.1, -0.05) is 66.2 Å². The maximum Gasteiger partial charge on any atom is 0.248 e. The number of rotatable bonds is 7. The molecule has 1 amide bonds. The molecule has 4 aromatic carbocycles.